The molecule has 132 valence electrons. The van der Waals surface area contributed by atoms with Crippen LogP contribution in [0.5, 0.6) is 0 Å². The van der Waals surface area contributed by atoms with Crippen molar-refractivity contribution < 1.29 is 19.1 Å². The third-order valence-electron chi connectivity index (χ3n) is 4.43. The molecule has 26 heavy (non-hydrogen) atoms. The second-order valence-electron chi connectivity index (χ2n) is 6.02. The van der Waals surface area contributed by atoms with Crippen LogP contribution >= 0.6 is 0 Å². The van der Waals surface area contributed by atoms with E-state index in [1.807, 2.05) is 19.1 Å². The minimum Gasteiger partial charge on any atom is -0.458 e. The molecule has 1 atom stereocenters. The molecule has 1 aromatic carbocycles. The molecule has 1 spiro atoms. The number of ether oxygens (including phenoxy) is 2. The monoisotopic (exact) mass is 351 g/mol. The van der Waals surface area contributed by atoms with Gasteiger partial charge in [-0.15, -0.1) is 0 Å². The van der Waals surface area contributed by atoms with Crippen LogP contribution in [-0.2, 0) is 24.5 Å². The number of nitriles is 1. The highest BCUT2D eigenvalue weighted by atomic mass is 16.5. The molecule has 7 heteroatoms. The van der Waals surface area contributed by atoms with E-state index in [0.29, 0.717) is 11.3 Å². The fourth-order valence-electron chi connectivity index (χ4n) is 3.40. The second-order valence-corrected chi connectivity index (χ2v) is 6.02. The molecule has 7 nitrogen and oxygen atoms in total. The summed E-state index contributed by atoms with van der Waals surface area (Å²) in [6, 6.07) is 7.24. The molecule has 0 fully saturated rings. The van der Waals surface area contributed by atoms with Crippen molar-refractivity contribution in [3.8, 4) is 6.07 Å². The van der Waals surface area contributed by atoms with Gasteiger partial charge in [0.25, 0.3) is 0 Å². The molecular weight excluding hydrogens is 334 g/mol. The fraction of sp³-hybridized carbons (Fsp3) is 0.211. The van der Waals surface area contributed by atoms with Crippen LogP contribution in [0.1, 0.15) is 18.1 Å². The molecule has 2 heterocycles. The van der Waals surface area contributed by atoms with E-state index >= 15 is 0 Å². The lowest BCUT2D eigenvalue weighted by Crippen LogP contribution is -2.45. The Morgan fingerprint density at radius 3 is 2.88 bits per heavy atom. The van der Waals surface area contributed by atoms with Gasteiger partial charge in [0, 0.05) is 11.3 Å². The van der Waals surface area contributed by atoms with Crippen molar-refractivity contribution in [2.24, 2.45) is 5.73 Å². The molecule has 0 aliphatic carbocycles. The standard InChI is InChI=1S/C19H17N3O4/c1-4-7-25-17(23)15-11(3)26-16(21)13(9-20)19(15)12-8-10(2)5-6-14(12)22-18(19)24/h4-6,8H,1,7,21H2,2-3H3,(H,22,24)/t19-/m0/s1. The number of hydrogen-bond acceptors (Lipinski definition) is 6. The number of benzene rings is 1. The predicted octanol–water partition coefficient (Wildman–Crippen LogP) is 1.91. The van der Waals surface area contributed by atoms with Gasteiger partial charge in [0.15, 0.2) is 5.41 Å². The van der Waals surface area contributed by atoms with Gasteiger partial charge in [0.2, 0.25) is 11.8 Å². The Kier molecular flexibility index (Phi) is 4.04. The quantitative estimate of drug-likeness (QED) is 0.635. The molecule has 0 saturated carbocycles. The van der Waals surface area contributed by atoms with E-state index in [4.69, 9.17) is 15.2 Å². The number of rotatable bonds is 3. The zero-order chi connectivity index (χ0) is 19.1. The van der Waals surface area contributed by atoms with E-state index < -0.39 is 17.3 Å². The summed E-state index contributed by atoms with van der Waals surface area (Å²) in [6.45, 7) is 6.82. The number of amides is 1. The first-order valence-corrected chi connectivity index (χ1v) is 7.88. The van der Waals surface area contributed by atoms with Crippen molar-refractivity contribution in [2.75, 3.05) is 11.9 Å². The lowest BCUT2D eigenvalue weighted by molar-refractivity contribution is -0.140. The zero-order valence-corrected chi connectivity index (χ0v) is 14.4. The summed E-state index contributed by atoms with van der Waals surface area (Å²) in [5.41, 5.74) is 5.83. The number of allylic oxidation sites excluding steroid dienone is 1. The van der Waals surface area contributed by atoms with Crippen molar-refractivity contribution in [3.63, 3.8) is 0 Å². The molecule has 0 aromatic heterocycles. The Hall–Kier alpha value is -3.53. The van der Waals surface area contributed by atoms with E-state index in [1.165, 1.54) is 13.0 Å². The fourth-order valence-corrected chi connectivity index (χ4v) is 3.40. The first-order valence-electron chi connectivity index (χ1n) is 7.88. The third kappa shape index (κ3) is 2.19. The minimum atomic E-state index is -1.71. The van der Waals surface area contributed by atoms with Gasteiger partial charge in [-0.05, 0) is 19.9 Å². The van der Waals surface area contributed by atoms with E-state index in [1.54, 1.807) is 12.1 Å². The molecule has 1 aromatic rings. The smallest absolute Gasteiger partial charge is 0.339 e. The lowest BCUT2D eigenvalue weighted by atomic mass is 9.68. The van der Waals surface area contributed by atoms with Crippen LogP contribution in [0.15, 0.2) is 53.6 Å². The molecule has 0 radical (unpaired) electrons. The highest BCUT2D eigenvalue weighted by Crippen LogP contribution is 2.52. The average Bonchev–Trinajstić information content (AvgIpc) is 2.86. The molecule has 1 amide bonds. The van der Waals surface area contributed by atoms with Gasteiger partial charge in [-0.25, -0.2) is 4.79 Å². The van der Waals surface area contributed by atoms with Crippen LogP contribution in [0.2, 0.25) is 0 Å². The largest absolute Gasteiger partial charge is 0.458 e. The van der Waals surface area contributed by atoms with E-state index in [9.17, 15) is 14.9 Å². The molecule has 0 saturated heterocycles. The highest BCUT2D eigenvalue weighted by molar-refractivity contribution is 6.17. The van der Waals surface area contributed by atoms with Gasteiger partial charge in [0.1, 0.15) is 29.6 Å². The number of anilines is 1. The van der Waals surface area contributed by atoms with Crippen LogP contribution < -0.4 is 11.1 Å². The van der Waals surface area contributed by atoms with Crippen molar-refractivity contribution in [2.45, 2.75) is 19.3 Å². The number of hydrogen-bond donors (Lipinski definition) is 2. The van der Waals surface area contributed by atoms with E-state index in [0.717, 1.165) is 5.56 Å². The Labute approximate surface area is 150 Å². The molecule has 0 bridgehead atoms. The first kappa shape index (κ1) is 17.3. The number of carbonyl (C=O) groups is 2. The molecule has 2 aliphatic rings. The number of nitrogens with two attached hydrogens (primary N) is 1. The van der Waals surface area contributed by atoms with Crippen molar-refractivity contribution >= 4 is 17.6 Å². The van der Waals surface area contributed by atoms with Gasteiger partial charge in [-0.2, -0.15) is 5.26 Å². The number of nitrogens with zero attached hydrogens (tertiary/aromatic N) is 1. The Morgan fingerprint density at radius 2 is 2.23 bits per heavy atom. The number of carbonyl (C=O) groups excluding carboxylic acids is 2. The van der Waals surface area contributed by atoms with Gasteiger partial charge < -0.3 is 20.5 Å². The van der Waals surface area contributed by atoms with Crippen molar-refractivity contribution in [1.29, 1.82) is 5.26 Å². The summed E-state index contributed by atoms with van der Waals surface area (Å²) in [7, 11) is 0. The normalized spacial score (nSPS) is 21.0. The topological polar surface area (TPSA) is 114 Å². The average molecular weight is 351 g/mol. The van der Waals surface area contributed by atoms with E-state index in [-0.39, 0.29) is 29.4 Å². The van der Waals surface area contributed by atoms with Gasteiger partial charge in [-0.3, -0.25) is 4.79 Å². The predicted molar refractivity (Wildman–Crippen MR) is 93.3 cm³/mol. The highest BCUT2D eigenvalue weighted by Gasteiger charge is 2.59. The van der Waals surface area contributed by atoms with Crippen molar-refractivity contribution in [1.82, 2.24) is 0 Å². The van der Waals surface area contributed by atoms with Gasteiger partial charge in [-0.1, -0.05) is 30.4 Å². The summed E-state index contributed by atoms with van der Waals surface area (Å²) in [4.78, 5) is 25.9. The summed E-state index contributed by atoms with van der Waals surface area (Å²) in [6.07, 6.45) is 1.41. The SMILES string of the molecule is C=CCOC(=O)C1=C(C)OC(N)=C(C#N)[C@]12C(=O)Nc1ccc(C)cc12. The van der Waals surface area contributed by atoms with Gasteiger partial charge in [0.05, 0.1) is 0 Å². The number of aryl methyl sites for hydroxylation is 1. The number of esters is 1. The molecule has 3 rings (SSSR count). The first-order chi connectivity index (χ1) is 12.4. The minimum absolute atomic E-state index is 0.0466. The van der Waals surface area contributed by atoms with Gasteiger partial charge >= 0.3 is 5.97 Å². The molecular formula is C19H17N3O4. The Balaban J connectivity index is 2.36. The maximum atomic E-state index is 13.1. The number of nitrogens with one attached hydrogen (secondary N) is 1. The lowest BCUT2D eigenvalue weighted by Gasteiger charge is -2.33. The van der Waals surface area contributed by atoms with E-state index in [2.05, 4.69) is 11.9 Å². The molecule has 2 aliphatic heterocycles. The third-order valence-corrected chi connectivity index (χ3v) is 4.43. The zero-order valence-electron chi connectivity index (χ0n) is 14.4. The van der Waals surface area contributed by atoms with Crippen molar-refractivity contribution in [3.05, 3.63) is 64.8 Å². The maximum absolute atomic E-state index is 13.1. The summed E-state index contributed by atoms with van der Waals surface area (Å²) >= 11 is 0. The maximum Gasteiger partial charge on any atom is 0.339 e. The summed E-state index contributed by atoms with van der Waals surface area (Å²) in [5.74, 6) is -1.42. The van der Waals surface area contributed by atoms with Crippen LogP contribution in [0.3, 0.4) is 0 Å². The Bertz CT molecular complexity index is 952. The Morgan fingerprint density at radius 1 is 1.50 bits per heavy atom. The second kappa shape index (κ2) is 6.08. The van der Waals surface area contributed by atoms with Crippen LogP contribution in [0, 0.1) is 18.3 Å². The summed E-state index contributed by atoms with van der Waals surface area (Å²) < 4.78 is 10.6. The molecule has 0 unspecified atom stereocenters. The summed E-state index contributed by atoms with van der Waals surface area (Å²) in [5, 5.41) is 12.5. The number of fused-ring (bicyclic) bond motifs is 2. The molecule has 3 N–H and O–H groups in total. The van der Waals surface area contributed by atoms with Crippen LogP contribution in [0.4, 0.5) is 5.69 Å². The van der Waals surface area contributed by atoms with Crippen LogP contribution in [-0.4, -0.2) is 18.5 Å². The van der Waals surface area contributed by atoms with Crippen LogP contribution in [0.25, 0.3) is 0 Å².